The number of hydrogen-bond donors (Lipinski definition) is 0. The monoisotopic (exact) mass is 344 g/mol. The molecule has 0 atom stereocenters. The summed E-state index contributed by atoms with van der Waals surface area (Å²) >= 11 is 0. The Balaban J connectivity index is 4.86. The molecule has 0 radical (unpaired) electrons. The van der Waals surface area contributed by atoms with Gasteiger partial charge in [-0.15, -0.1) is 0 Å². The van der Waals surface area contributed by atoms with Crippen LogP contribution in [0.25, 0.3) is 0 Å². The summed E-state index contributed by atoms with van der Waals surface area (Å²) in [7, 11) is 0. The van der Waals surface area contributed by atoms with Gasteiger partial charge in [0.15, 0.2) is 0 Å². The molecule has 0 amide bonds. The molecule has 0 heterocycles. The molecule has 0 N–H and O–H groups in total. The van der Waals surface area contributed by atoms with E-state index in [0.717, 1.165) is 19.3 Å². The number of carbonyl (C=O) groups excluding carboxylic acids is 1. The molecule has 0 saturated heterocycles. The van der Waals surface area contributed by atoms with Crippen molar-refractivity contribution in [3.8, 4) is 0 Å². The van der Waals surface area contributed by atoms with Crippen molar-refractivity contribution in [3.63, 3.8) is 0 Å². The average molecular weight is 344 g/mol. The van der Waals surface area contributed by atoms with Crippen LogP contribution in [-0.4, -0.2) is 36.8 Å². The molecule has 0 aliphatic rings. The Kier molecular flexibility index (Phi) is 8.97. The standard InChI is InChI=1S/C16H32F3O2P/c1-5-9-10-11-12-13-14-22(6-2,7-3,8-4)21-15(20)16(17,18)19/h5-14H2,1-4H3. The Hall–Kier alpha value is -0.310. The van der Waals surface area contributed by atoms with Crippen molar-refractivity contribution in [1.82, 2.24) is 0 Å². The molecule has 6 heteroatoms. The first kappa shape index (κ1) is 21.7. The van der Waals surface area contributed by atoms with Crippen molar-refractivity contribution in [2.24, 2.45) is 0 Å². The van der Waals surface area contributed by atoms with Gasteiger partial charge in [-0.3, -0.25) is 0 Å². The molecular formula is C16H32F3O2P. The minimum atomic E-state index is -4.90. The molecule has 2 nitrogen and oxygen atoms in total. The third-order valence-corrected chi connectivity index (χ3v) is 12.0. The molecule has 0 unspecified atom stereocenters. The number of carbonyl (C=O) groups is 1. The van der Waals surface area contributed by atoms with Crippen LogP contribution in [-0.2, 0) is 9.32 Å². The van der Waals surface area contributed by atoms with Crippen molar-refractivity contribution >= 4 is 12.8 Å². The van der Waals surface area contributed by atoms with Crippen molar-refractivity contribution in [2.75, 3.05) is 24.6 Å². The number of hydrogen-bond acceptors (Lipinski definition) is 2. The molecule has 0 fully saturated rings. The van der Waals surface area contributed by atoms with Gasteiger partial charge in [-0.2, -0.15) is 0 Å². The molecule has 0 bridgehead atoms. The Morgan fingerprint density at radius 1 is 0.864 bits per heavy atom. The molecule has 0 rings (SSSR count). The van der Waals surface area contributed by atoms with Crippen LogP contribution in [0, 0.1) is 0 Å². The fourth-order valence-corrected chi connectivity index (χ4v) is 7.33. The summed E-state index contributed by atoms with van der Waals surface area (Å²) in [6.45, 7) is 4.68. The minimum absolute atomic E-state index is 0.537. The van der Waals surface area contributed by atoms with E-state index in [0.29, 0.717) is 24.6 Å². The van der Waals surface area contributed by atoms with E-state index < -0.39 is 19.0 Å². The summed E-state index contributed by atoms with van der Waals surface area (Å²) in [5.41, 5.74) is 0. The Morgan fingerprint density at radius 3 is 1.73 bits per heavy atom. The summed E-state index contributed by atoms with van der Waals surface area (Å²) in [6.07, 6.45) is 3.82. The number of rotatable bonds is 11. The molecule has 0 aliphatic carbocycles. The zero-order valence-corrected chi connectivity index (χ0v) is 15.4. The molecule has 0 aromatic heterocycles. The van der Waals surface area contributed by atoms with E-state index in [9.17, 15) is 18.0 Å². The van der Waals surface area contributed by atoms with Gasteiger partial charge in [0, 0.05) is 0 Å². The maximum absolute atomic E-state index is 12.6. The number of halogens is 3. The zero-order chi connectivity index (χ0) is 17.3. The topological polar surface area (TPSA) is 26.3 Å². The first-order valence-electron chi connectivity index (χ1n) is 8.50. The van der Waals surface area contributed by atoms with Gasteiger partial charge >= 0.3 is 132 Å². The van der Waals surface area contributed by atoms with Gasteiger partial charge in [0.1, 0.15) is 0 Å². The van der Waals surface area contributed by atoms with Gasteiger partial charge in [-0.05, 0) is 0 Å². The van der Waals surface area contributed by atoms with Crippen LogP contribution in [0.1, 0.15) is 66.2 Å². The molecular weight excluding hydrogens is 312 g/mol. The first-order valence-corrected chi connectivity index (χ1v) is 11.4. The van der Waals surface area contributed by atoms with Crippen LogP contribution in [0.3, 0.4) is 0 Å². The van der Waals surface area contributed by atoms with Gasteiger partial charge in [-0.1, -0.05) is 0 Å². The number of unbranched alkanes of at least 4 members (excludes halogenated alkanes) is 5. The summed E-state index contributed by atoms with van der Waals surface area (Å²) in [4.78, 5) is 11.4. The third-order valence-electron chi connectivity index (χ3n) is 5.05. The summed E-state index contributed by atoms with van der Waals surface area (Å²) in [5.74, 6) is -2.00. The van der Waals surface area contributed by atoms with Crippen LogP contribution in [0.4, 0.5) is 13.2 Å². The number of alkyl halides is 3. The quantitative estimate of drug-likeness (QED) is 0.340. The SMILES string of the molecule is CCCCCCCCP(CC)(CC)(CC)OC(=O)C(F)(F)F. The van der Waals surface area contributed by atoms with Gasteiger partial charge < -0.3 is 0 Å². The predicted octanol–water partition coefficient (Wildman–Crippen LogP) is 5.98. The van der Waals surface area contributed by atoms with Crippen LogP contribution < -0.4 is 0 Å². The van der Waals surface area contributed by atoms with E-state index in [2.05, 4.69) is 6.92 Å². The van der Waals surface area contributed by atoms with Gasteiger partial charge in [0.2, 0.25) is 0 Å². The molecule has 0 aliphatic heterocycles. The Labute approximate surface area is 133 Å². The molecule has 134 valence electrons. The molecule has 22 heavy (non-hydrogen) atoms. The average Bonchev–Trinajstić information content (AvgIpc) is 2.49. The van der Waals surface area contributed by atoms with Crippen molar-refractivity contribution < 1.29 is 22.5 Å². The Morgan fingerprint density at radius 2 is 1.32 bits per heavy atom. The van der Waals surface area contributed by atoms with E-state index >= 15 is 0 Å². The van der Waals surface area contributed by atoms with E-state index in [-0.39, 0.29) is 0 Å². The van der Waals surface area contributed by atoms with Crippen LogP contribution in [0.15, 0.2) is 0 Å². The molecule has 0 aromatic carbocycles. The van der Waals surface area contributed by atoms with E-state index in [1.165, 1.54) is 19.3 Å². The fourth-order valence-electron chi connectivity index (χ4n) is 2.96. The molecule has 0 saturated carbocycles. The Bertz CT molecular complexity index is 328. The third kappa shape index (κ3) is 6.06. The second kappa shape index (κ2) is 9.10. The van der Waals surface area contributed by atoms with Crippen molar-refractivity contribution in [2.45, 2.75) is 72.4 Å². The van der Waals surface area contributed by atoms with Crippen LogP contribution in [0.2, 0.25) is 0 Å². The second-order valence-electron chi connectivity index (χ2n) is 6.17. The summed E-state index contributed by atoms with van der Waals surface area (Å²) in [6, 6.07) is 0. The molecule has 0 spiro atoms. The van der Waals surface area contributed by atoms with Crippen molar-refractivity contribution in [1.29, 1.82) is 0 Å². The van der Waals surface area contributed by atoms with Gasteiger partial charge in [0.05, 0.1) is 0 Å². The zero-order valence-electron chi connectivity index (χ0n) is 14.5. The van der Waals surface area contributed by atoms with Crippen molar-refractivity contribution in [3.05, 3.63) is 0 Å². The normalized spacial score (nSPS) is 14.4. The summed E-state index contributed by atoms with van der Waals surface area (Å²) in [5, 5.41) is 0. The van der Waals surface area contributed by atoms with Crippen LogP contribution in [0.5, 0.6) is 0 Å². The predicted molar refractivity (Wildman–Crippen MR) is 88.9 cm³/mol. The van der Waals surface area contributed by atoms with E-state index in [4.69, 9.17) is 4.52 Å². The van der Waals surface area contributed by atoms with Gasteiger partial charge in [0.25, 0.3) is 0 Å². The van der Waals surface area contributed by atoms with Crippen LogP contribution >= 0.6 is 6.83 Å². The second-order valence-corrected chi connectivity index (χ2v) is 12.4. The molecule has 0 aromatic rings. The fraction of sp³-hybridized carbons (Fsp3) is 0.938. The van der Waals surface area contributed by atoms with E-state index in [1.54, 1.807) is 0 Å². The maximum atomic E-state index is 12.6. The first-order chi connectivity index (χ1) is 10.2. The van der Waals surface area contributed by atoms with E-state index in [1.807, 2.05) is 20.8 Å². The summed E-state index contributed by atoms with van der Waals surface area (Å²) < 4.78 is 43.1. The van der Waals surface area contributed by atoms with Gasteiger partial charge in [-0.25, -0.2) is 0 Å².